The molecule has 0 aliphatic heterocycles. The fraction of sp³-hybridized carbons (Fsp3) is 0.517. The summed E-state index contributed by atoms with van der Waals surface area (Å²) < 4.78 is 28.1. The number of rotatable bonds is 16. The predicted molar refractivity (Wildman–Crippen MR) is 159 cm³/mol. The summed E-state index contributed by atoms with van der Waals surface area (Å²) in [4.78, 5) is 12.3. The lowest BCUT2D eigenvalue weighted by atomic mass is 10.1. The number of amides is 1. The van der Waals surface area contributed by atoms with Gasteiger partial charge in [-0.25, -0.2) is 8.42 Å². The predicted octanol–water partition coefficient (Wildman–Crippen LogP) is 7.62. The SMILES string of the molecule is CCCCCCCCCCCCCC(=O)NC(=S)Nc1ccc(S(=O)(=O)Nc2ccc(C)cc2C)cc1. The number of hydrogen-bond donors (Lipinski definition) is 3. The Hall–Kier alpha value is -2.45. The zero-order chi connectivity index (χ0) is 27.1. The first-order valence-corrected chi connectivity index (χ1v) is 15.4. The number of nitrogens with one attached hydrogen (secondary N) is 3. The maximum absolute atomic E-state index is 12.8. The lowest BCUT2D eigenvalue weighted by molar-refractivity contribution is -0.119. The normalized spacial score (nSPS) is 11.2. The van der Waals surface area contributed by atoms with Crippen LogP contribution in [0.5, 0.6) is 0 Å². The highest BCUT2D eigenvalue weighted by Gasteiger charge is 2.15. The largest absolute Gasteiger partial charge is 0.332 e. The van der Waals surface area contributed by atoms with Gasteiger partial charge in [0, 0.05) is 12.1 Å². The second-order valence-corrected chi connectivity index (χ2v) is 11.8. The lowest BCUT2D eigenvalue weighted by Gasteiger charge is -2.13. The van der Waals surface area contributed by atoms with Crippen molar-refractivity contribution in [3.8, 4) is 0 Å². The molecule has 204 valence electrons. The molecule has 0 aromatic heterocycles. The van der Waals surface area contributed by atoms with E-state index in [0.717, 1.165) is 24.0 Å². The molecule has 2 rings (SSSR count). The molecule has 0 aliphatic rings. The minimum absolute atomic E-state index is 0.106. The molecule has 3 N–H and O–H groups in total. The molecule has 6 nitrogen and oxygen atoms in total. The van der Waals surface area contributed by atoms with Crippen LogP contribution in [0.4, 0.5) is 11.4 Å². The van der Waals surface area contributed by atoms with Crippen LogP contribution < -0.4 is 15.4 Å². The van der Waals surface area contributed by atoms with E-state index in [-0.39, 0.29) is 15.9 Å². The third kappa shape index (κ3) is 12.1. The Bertz CT molecular complexity index is 1100. The van der Waals surface area contributed by atoms with E-state index in [0.29, 0.717) is 17.8 Å². The van der Waals surface area contributed by atoms with Gasteiger partial charge in [-0.1, -0.05) is 88.8 Å². The van der Waals surface area contributed by atoms with Gasteiger partial charge in [-0.05, 0) is 68.4 Å². The average Bonchev–Trinajstić information content (AvgIpc) is 2.84. The fourth-order valence-electron chi connectivity index (χ4n) is 4.15. The summed E-state index contributed by atoms with van der Waals surface area (Å²) in [7, 11) is -3.72. The minimum atomic E-state index is -3.72. The molecule has 0 atom stereocenters. The van der Waals surface area contributed by atoms with Crippen molar-refractivity contribution in [1.82, 2.24) is 5.32 Å². The van der Waals surface area contributed by atoms with Crippen molar-refractivity contribution in [1.29, 1.82) is 0 Å². The van der Waals surface area contributed by atoms with Gasteiger partial charge in [0.05, 0.1) is 10.6 Å². The molecule has 0 spiro atoms. The monoisotopic (exact) mass is 545 g/mol. The maximum atomic E-state index is 12.8. The molecular formula is C29H43N3O3S2. The Labute approximate surface area is 229 Å². The third-order valence-electron chi connectivity index (χ3n) is 6.31. The quantitative estimate of drug-likeness (QED) is 0.149. The molecule has 1 amide bonds. The van der Waals surface area contributed by atoms with Gasteiger partial charge in [-0.2, -0.15) is 0 Å². The summed E-state index contributed by atoms with van der Waals surface area (Å²) >= 11 is 5.24. The Morgan fingerprint density at radius 2 is 1.38 bits per heavy atom. The summed E-state index contributed by atoms with van der Waals surface area (Å²) in [6.45, 7) is 6.07. The number of anilines is 2. The van der Waals surface area contributed by atoms with Gasteiger partial charge < -0.3 is 10.6 Å². The third-order valence-corrected chi connectivity index (χ3v) is 7.89. The summed E-state index contributed by atoms with van der Waals surface area (Å²) in [6, 6.07) is 11.8. The van der Waals surface area contributed by atoms with Crippen LogP contribution in [0.15, 0.2) is 47.4 Å². The molecule has 37 heavy (non-hydrogen) atoms. The summed E-state index contributed by atoms with van der Waals surface area (Å²) in [5, 5.41) is 5.85. The van der Waals surface area contributed by atoms with Crippen molar-refractivity contribution >= 4 is 44.6 Å². The molecule has 0 bridgehead atoms. The lowest BCUT2D eigenvalue weighted by Crippen LogP contribution is -2.33. The van der Waals surface area contributed by atoms with E-state index in [1.54, 1.807) is 18.2 Å². The summed E-state index contributed by atoms with van der Waals surface area (Å²) in [5.41, 5.74) is 3.08. The standard InChI is InChI=1S/C29H43N3O3S2/c1-4-5-6-7-8-9-10-11-12-13-14-15-28(33)31-29(36)30-25-17-19-26(20-18-25)37(34,35)32-27-21-16-23(2)22-24(27)3/h16-22,32H,4-15H2,1-3H3,(H2,30,31,33,36). The van der Waals surface area contributed by atoms with Crippen LogP contribution in [0, 0.1) is 13.8 Å². The molecule has 0 heterocycles. The first-order valence-electron chi connectivity index (χ1n) is 13.5. The first kappa shape index (κ1) is 30.8. The number of sulfonamides is 1. The first-order chi connectivity index (χ1) is 17.7. The van der Waals surface area contributed by atoms with E-state index in [9.17, 15) is 13.2 Å². The zero-order valence-electron chi connectivity index (χ0n) is 22.6. The number of carbonyl (C=O) groups excluding carboxylic acids is 1. The molecule has 0 fully saturated rings. The van der Waals surface area contributed by atoms with Gasteiger partial charge in [0.1, 0.15) is 0 Å². The molecule has 0 saturated heterocycles. The Kier molecular flexibility index (Phi) is 13.6. The van der Waals surface area contributed by atoms with Gasteiger partial charge in [-0.15, -0.1) is 0 Å². The number of thiocarbonyl (C=S) groups is 1. The van der Waals surface area contributed by atoms with Crippen molar-refractivity contribution < 1.29 is 13.2 Å². The maximum Gasteiger partial charge on any atom is 0.261 e. The fourth-order valence-corrected chi connectivity index (χ4v) is 5.51. The number of aryl methyl sites for hydroxylation is 2. The number of hydrogen-bond acceptors (Lipinski definition) is 4. The van der Waals surface area contributed by atoms with E-state index in [1.807, 2.05) is 26.0 Å². The average molecular weight is 546 g/mol. The highest BCUT2D eigenvalue weighted by atomic mass is 32.2. The van der Waals surface area contributed by atoms with Crippen molar-refractivity contribution in [3.05, 3.63) is 53.6 Å². The Morgan fingerprint density at radius 1 is 0.811 bits per heavy atom. The van der Waals surface area contributed by atoms with Crippen LogP contribution in [0.1, 0.15) is 95.1 Å². The topological polar surface area (TPSA) is 87.3 Å². The van der Waals surface area contributed by atoms with E-state index >= 15 is 0 Å². The number of benzene rings is 2. The second kappa shape index (κ2) is 16.4. The summed E-state index contributed by atoms with van der Waals surface area (Å²) in [5.74, 6) is -0.106. The molecule has 0 unspecified atom stereocenters. The van der Waals surface area contributed by atoms with Gasteiger partial charge >= 0.3 is 0 Å². The van der Waals surface area contributed by atoms with Crippen LogP contribution in [-0.2, 0) is 14.8 Å². The van der Waals surface area contributed by atoms with E-state index in [2.05, 4.69) is 22.3 Å². The van der Waals surface area contributed by atoms with Gasteiger partial charge in [0.15, 0.2) is 5.11 Å². The second-order valence-electron chi connectivity index (χ2n) is 9.74. The Balaban J connectivity index is 1.66. The smallest absolute Gasteiger partial charge is 0.261 e. The molecule has 8 heteroatoms. The van der Waals surface area contributed by atoms with E-state index in [4.69, 9.17) is 12.2 Å². The van der Waals surface area contributed by atoms with Gasteiger partial charge in [0.2, 0.25) is 5.91 Å². The van der Waals surface area contributed by atoms with Crippen LogP contribution in [0.2, 0.25) is 0 Å². The van der Waals surface area contributed by atoms with Crippen molar-refractivity contribution in [2.45, 2.75) is 103 Å². The van der Waals surface area contributed by atoms with E-state index < -0.39 is 10.0 Å². The minimum Gasteiger partial charge on any atom is -0.332 e. The van der Waals surface area contributed by atoms with Gasteiger partial charge in [-0.3, -0.25) is 9.52 Å². The van der Waals surface area contributed by atoms with Crippen molar-refractivity contribution in [2.75, 3.05) is 10.0 Å². The molecular weight excluding hydrogens is 502 g/mol. The molecule has 2 aromatic carbocycles. The molecule has 0 radical (unpaired) electrons. The van der Waals surface area contributed by atoms with E-state index in [1.165, 1.54) is 69.9 Å². The van der Waals surface area contributed by atoms with Crippen molar-refractivity contribution in [2.24, 2.45) is 0 Å². The van der Waals surface area contributed by atoms with Crippen molar-refractivity contribution in [3.63, 3.8) is 0 Å². The molecule has 0 saturated carbocycles. The van der Waals surface area contributed by atoms with Crippen LogP contribution in [-0.4, -0.2) is 19.4 Å². The number of carbonyl (C=O) groups is 1. The van der Waals surface area contributed by atoms with Crippen LogP contribution in [0.25, 0.3) is 0 Å². The van der Waals surface area contributed by atoms with Crippen LogP contribution in [0.3, 0.4) is 0 Å². The van der Waals surface area contributed by atoms with Gasteiger partial charge in [0.25, 0.3) is 10.0 Å². The zero-order valence-corrected chi connectivity index (χ0v) is 24.2. The number of unbranched alkanes of at least 4 members (excludes halogenated alkanes) is 10. The highest BCUT2D eigenvalue weighted by molar-refractivity contribution is 7.92. The molecule has 2 aromatic rings. The Morgan fingerprint density at radius 3 is 1.95 bits per heavy atom. The highest BCUT2D eigenvalue weighted by Crippen LogP contribution is 2.22. The molecule has 0 aliphatic carbocycles. The van der Waals surface area contributed by atoms with Crippen LogP contribution >= 0.6 is 12.2 Å². The summed E-state index contributed by atoms with van der Waals surface area (Å²) in [6.07, 6.45) is 14.1.